The molecule has 0 amide bonds. The summed E-state index contributed by atoms with van der Waals surface area (Å²) in [5.41, 5.74) is 5.94. The fourth-order valence-corrected chi connectivity index (χ4v) is 5.60. The van der Waals surface area contributed by atoms with Crippen LogP contribution in [0.15, 0.2) is 54.1 Å². The number of benzene rings is 3. The minimum Gasteiger partial charge on any atom is -0.478 e. The number of aromatic carboxylic acids is 1. The van der Waals surface area contributed by atoms with E-state index < -0.39 is 23.4 Å². The van der Waals surface area contributed by atoms with Gasteiger partial charge in [0.25, 0.3) is 0 Å². The zero-order valence-electron chi connectivity index (χ0n) is 21.7. The smallest absolute Gasteiger partial charge is 0.335 e. The number of hydrogen-bond donors (Lipinski definition) is 1. The standard InChI is InChI=1S/C32H29F4NO2/c1-19-12-23(15-29(35)28(19)13-20-17-37(18-20)11-3-10-33)31-25-8-6-22(32(38)39)14-21(25)4-2-5-27(31)26-9-7-24(34)16-30(26)36/h6-9,12-16H,2-5,10-11,17-18H2,1H3,(H,38,39). The van der Waals surface area contributed by atoms with E-state index in [0.29, 0.717) is 78.7 Å². The summed E-state index contributed by atoms with van der Waals surface area (Å²) in [6, 6.07) is 11.6. The van der Waals surface area contributed by atoms with Gasteiger partial charge >= 0.3 is 5.97 Å². The summed E-state index contributed by atoms with van der Waals surface area (Å²) in [5, 5.41) is 9.52. The largest absolute Gasteiger partial charge is 0.478 e. The number of alkyl halides is 1. The lowest BCUT2D eigenvalue weighted by molar-refractivity contribution is 0.0696. The first-order valence-corrected chi connectivity index (χ1v) is 13.1. The van der Waals surface area contributed by atoms with Gasteiger partial charge in [0.05, 0.1) is 12.2 Å². The van der Waals surface area contributed by atoms with E-state index in [1.807, 2.05) is 19.1 Å². The molecule has 3 aromatic carbocycles. The number of carbonyl (C=O) groups is 1. The lowest BCUT2D eigenvalue weighted by atomic mass is 9.85. The summed E-state index contributed by atoms with van der Waals surface area (Å²) in [4.78, 5) is 13.7. The van der Waals surface area contributed by atoms with E-state index in [1.165, 1.54) is 24.3 Å². The fraction of sp³-hybridized carbons (Fsp3) is 0.281. The van der Waals surface area contributed by atoms with Crippen LogP contribution in [0.2, 0.25) is 0 Å². The predicted molar refractivity (Wildman–Crippen MR) is 145 cm³/mol. The van der Waals surface area contributed by atoms with Crippen molar-refractivity contribution >= 4 is 23.2 Å². The van der Waals surface area contributed by atoms with Crippen LogP contribution in [0.5, 0.6) is 0 Å². The van der Waals surface area contributed by atoms with Crippen molar-refractivity contribution in [3.05, 3.63) is 110 Å². The van der Waals surface area contributed by atoms with Crippen molar-refractivity contribution < 1.29 is 27.5 Å². The minimum atomic E-state index is -1.05. The van der Waals surface area contributed by atoms with E-state index in [-0.39, 0.29) is 17.8 Å². The van der Waals surface area contributed by atoms with Gasteiger partial charge in [0, 0.05) is 36.8 Å². The molecule has 1 aliphatic heterocycles. The van der Waals surface area contributed by atoms with Gasteiger partial charge in [-0.3, -0.25) is 9.29 Å². The predicted octanol–water partition coefficient (Wildman–Crippen LogP) is 7.46. The molecule has 7 heteroatoms. The second-order valence-corrected chi connectivity index (χ2v) is 10.3. The number of carboxylic acids is 1. The van der Waals surface area contributed by atoms with Gasteiger partial charge in [-0.05, 0) is 108 Å². The van der Waals surface area contributed by atoms with E-state index in [0.717, 1.165) is 17.2 Å². The molecule has 0 aromatic heterocycles. The summed E-state index contributed by atoms with van der Waals surface area (Å²) in [6.07, 6.45) is 3.97. The third-order valence-corrected chi connectivity index (χ3v) is 7.49. The Kier molecular flexibility index (Phi) is 7.71. The first kappa shape index (κ1) is 26.9. The molecule has 3 nitrogen and oxygen atoms in total. The van der Waals surface area contributed by atoms with Gasteiger partial charge < -0.3 is 5.11 Å². The molecule has 0 unspecified atom stereocenters. The Morgan fingerprint density at radius 3 is 2.44 bits per heavy atom. The molecular formula is C32H29F4NO2. The molecule has 0 saturated carbocycles. The van der Waals surface area contributed by atoms with E-state index in [2.05, 4.69) is 4.90 Å². The maximum atomic E-state index is 15.7. The van der Waals surface area contributed by atoms with Crippen LogP contribution >= 0.6 is 0 Å². The van der Waals surface area contributed by atoms with Gasteiger partial charge in [-0.1, -0.05) is 12.1 Å². The van der Waals surface area contributed by atoms with Gasteiger partial charge in [0.1, 0.15) is 17.5 Å². The fourth-order valence-electron chi connectivity index (χ4n) is 5.60. The topological polar surface area (TPSA) is 40.5 Å². The lowest BCUT2D eigenvalue weighted by Gasteiger charge is -2.34. The Labute approximate surface area is 225 Å². The molecule has 1 heterocycles. The Hall–Kier alpha value is -3.71. The average Bonchev–Trinajstić information content (AvgIpc) is 3.05. The highest BCUT2D eigenvalue weighted by molar-refractivity contribution is 6.01. The summed E-state index contributed by atoms with van der Waals surface area (Å²) < 4.78 is 56.9. The van der Waals surface area contributed by atoms with Crippen molar-refractivity contribution in [2.24, 2.45) is 0 Å². The van der Waals surface area contributed by atoms with Crippen LogP contribution in [0.3, 0.4) is 0 Å². The molecular weight excluding hydrogens is 506 g/mol. The Bertz CT molecular complexity index is 1480. The first-order valence-electron chi connectivity index (χ1n) is 13.1. The maximum Gasteiger partial charge on any atom is 0.335 e. The second-order valence-electron chi connectivity index (χ2n) is 10.3. The van der Waals surface area contributed by atoms with Crippen LogP contribution in [0.4, 0.5) is 17.6 Å². The van der Waals surface area contributed by atoms with E-state index >= 15 is 8.78 Å². The summed E-state index contributed by atoms with van der Waals surface area (Å²) >= 11 is 0. The molecule has 1 N–H and O–H groups in total. The molecule has 0 radical (unpaired) electrons. The maximum absolute atomic E-state index is 15.7. The van der Waals surface area contributed by atoms with Crippen molar-refractivity contribution in [1.29, 1.82) is 0 Å². The van der Waals surface area contributed by atoms with Crippen molar-refractivity contribution in [3.63, 3.8) is 0 Å². The first-order chi connectivity index (χ1) is 18.7. The highest BCUT2D eigenvalue weighted by atomic mass is 19.1. The van der Waals surface area contributed by atoms with Crippen molar-refractivity contribution in [2.45, 2.75) is 32.6 Å². The van der Waals surface area contributed by atoms with Gasteiger partial charge in [-0.2, -0.15) is 0 Å². The average molecular weight is 536 g/mol. The van der Waals surface area contributed by atoms with E-state index in [4.69, 9.17) is 0 Å². The molecule has 0 atom stereocenters. The monoisotopic (exact) mass is 535 g/mol. The number of carboxylic acid groups (broad SMARTS) is 1. The number of hydrogen-bond acceptors (Lipinski definition) is 2. The van der Waals surface area contributed by atoms with E-state index in [9.17, 15) is 18.7 Å². The number of nitrogens with zero attached hydrogens (tertiary/aromatic N) is 1. The van der Waals surface area contributed by atoms with Crippen LogP contribution in [0.1, 0.15) is 63.0 Å². The lowest BCUT2D eigenvalue weighted by Crippen LogP contribution is -2.40. The van der Waals surface area contributed by atoms with Crippen LogP contribution in [-0.4, -0.2) is 42.3 Å². The highest BCUT2D eigenvalue weighted by Crippen LogP contribution is 2.42. The molecule has 5 rings (SSSR count). The summed E-state index contributed by atoms with van der Waals surface area (Å²) in [5.74, 6) is -2.85. The van der Waals surface area contributed by atoms with Gasteiger partial charge in [0.15, 0.2) is 0 Å². The third-order valence-electron chi connectivity index (χ3n) is 7.49. The zero-order chi connectivity index (χ0) is 27.7. The highest BCUT2D eigenvalue weighted by Gasteiger charge is 2.25. The molecule has 0 spiro atoms. The summed E-state index contributed by atoms with van der Waals surface area (Å²) in [7, 11) is 0. The molecule has 1 saturated heterocycles. The zero-order valence-corrected chi connectivity index (χ0v) is 21.7. The number of fused-ring (bicyclic) bond motifs is 1. The van der Waals surface area contributed by atoms with Gasteiger partial charge in [0.2, 0.25) is 0 Å². The number of likely N-dealkylation sites (tertiary alicyclic amines) is 1. The quantitative estimate of drug-likeness (QED) is 0.319. The number of aryl methyl sites for hydroxylation is 2. The van der Waals surface area contributed by atoms with E-state index in [1.54, 1.807) is 12.1 Å². The minimum absolute atomic E-state index is 0.148. The number of halogens is 4. The Morgan fingerprint density at radius 2 is 1.74 bits per heavy atom. The normalized spacial score (nSPS) is 15.6. The van der Waals surface area contributed by atoms with Crippen LogP contribution in [-0.2, 0) is 6.42 Å². The van der Waals surface area contributed by atoms with Crippen LogP contribution in [0, 0.1) is 24.4 Å². The molecule has 1 aliphatic carbocycles. The summed E-state index contributed by atoms with van der Waals surface area (Å²) in [6.45, 7) is 3.50. The van der Waals surface area contributed by atoms with Crippen LogP contribution < -0.4 is 0 Å². The van der Waals surface area contributed by atoms with Crippen molar-refractivity contribution in [2.75, 3.05) is 26.3 Å². The molecule has 3 aromatic rings. The molecule has 202 valence electrons. The molecule has 1 fully saturated rings. The van der Waals surface area contributed by atoms with Gasteiger partial charge in [-0.15, -0.1) is 0 Å². The molecule has 2 aliphatic rings. The van der Waals surface area contributed by atoms with Crippen LogP contribution in [0.25, 0.3) is 17.2 Å². The number of allylic oxidation sites excluding steroid dienone is 1. The Morgan fingerprint density at radius 1 is 0.974 bits per heavy atom. The second kappa shape index (κ2) is 11.2. The van der Waals surface area contributed by atoms with Crippen molar-refractivity contribution in [3.8, 4) is 0 Å². The molecule has 39 heavy (non-hydrogen) atoms. The Balaban J connectivity index is 1.63. The third kappa shape index (κ3) is 5.55. The number of rotatable bonds is 7. The SMILES string of the molecule is Cc1cc(C2=C(c3ccc(F)cc3F)CCCc3cc(C(=O)O)ccc32)cc(F)c1C=C1CN(CCCF)C1. The molecule has 0 bridgehead atoms. The van der Waals surface area contributed by atoms with Gasteiger partial charge in [-0.25, -0.2) is 18.0 Å². The van der Waals surface area contributed by atoms with Crippen molar-refractivity contribution in [1.82, 2.24) is 4.90 Å².